The smallest absolute Gasteiger partial charge is 0.169 e. The highest BCUT2D eigenvalue weighted by Gasteiger charge is 2.18. The molecule has 2 N–H and O–H groups in total. The minimum absolute atomic E-state index is 0.263. The average molecular weight is 267 g/mol. The summed E-state index contributed by atoms with van der Waals surface area (Å²) >= 11 is 6.09. The van der Waals surface area contributed by atoms with Gasteiger partial charge in [0, 0.05) is 22.2 Å². The lowest BCUT2D eigenvalue weighted by molar-refractivity contribution is 0.406. The third-order valence-electron chi connectivity index (χ3n) is 2.70. The molecule has 0 saturated heterocycles. The molecule has 0 aliphatic heterocycles. The number of anilines is 1. The van der Waals surface area contributed by atoms with Crippen LogP contribution in [0.1, 0.15) is 25.3 Å². The standard InChI is InChI=1S/C13H15ClN2O2/c1-7(2)13-9(10-6-12(15)16-18-10)4-8(14)5-11(13)17-3/h4-7H,1-3H3,(H2,15,16). The maximum Gasteiger partial charge on any atom is 0.169 e. The molecular weight excluding hydrogens is 252 g/mol. The maximum absolute atomic E-state index is 6.09. The van der Waals surface area contributed by atoms with Crippen molar-refractivity contribution in [2.45, 2.75) is 19.8 Å². The summed E-state index contributed by atoms with van der Waals surface area (Å²) in [6.07, 6.45) is 0. The molecule has 0 aliphatic rings. The van der Waals surface area contributed by atoms with E-state index in [0.29, 0.717) is 16.6 Å². The minimum Gasteiger partial charge on any atom is -0.496 e. The minimum atomic E-state index is 0.263. The molecule has 5 heteroatoms. The summed E-state index contributed by atoms with van der Waals surface area (Å²) in [4.78, 5) is 0. The van der Waals surface area contributed by atoms with E-state index >= 15 is 0 Å². The van der Waals surface area contributed by atoms with E-state index in [0.717, 1.165) is 16.9 Å². The lowest BCUT2D eigenvalue weighted by atomic mass is 9.94. The van der Waals surface area contributed by atoms with Crippen LogP contribution in [0, 0.1) is 0 Å². The number of ether oxygens (including phenoxy) is 1. The molecule has 1 heterocycles. The van der Waals surface area contributed by atoms with Crippen molar-refractivity contribution in [3.8, 4) is 17.1 Å². The molecule has 0 radical (unpaired) electrons. The van der Waals surface area contributed by atoms with Gasteiger partial charge < -0.3 is 15.0 Å². The fraction of sp³-hybridized carbons (Fsp3) is 0.308. The zero-order valence-corrected chi connectivity index (χ0v) is 11.3. The summed E-state index contributed by atoms with van der Waals surface area (Å²) in [7, 11) is 1.62. The van der Waals surface area contributed by atoms with E-state index in [1.165, 1.54) is 0 Å². The largest absolute Gasteiger partial charge is 0.496 e. The molecule has 0 bridgehead atoms. The number of nitrogens with two attached hydrogens (primary N) is 1. The Morgan fingerprint density at radius 3 is 2.56 bits per heavy atom. The summed E-state index contributed by atoms with van der Waals surface area (Å²) in [5.41, 5.74) is 7.47. The number of nitrogens with zero attached hydrogens (tertiary/aromatic N) is 1. The summed E-state index contributed by atoms with van der Waals surface area (Å²) in [5.74, 6) is 1.94. The number of halogens is 1. The second-order valence-corrected chi connectivity index (χ2v) is 4.78. The van der Waals surface area contributed by atoms with E-state index in [9.17, 15) is 0 Å². The Hall–Kier alpha value is -1.68. The Labute approximate surface area is 111 Å². The zero-order valence-electron chi connectivity index (χ0n) is 10.5. The number of aromatic nitrogens is 1. The predicted octanol–water partition coefficient (Wildman–Crippen LogP) is 3.71. The van der Waals surface area contributed by atoms with Crippen LogP contribution in [0.25, 0.3) is 11.3 Å². The van der Waals surface area contributed by atoms with Crippen molar-refractivity contribution in [3.05, 3.63) is 28.8 Å². The lowest BCUT2D eigenvalue weighted by Crippen LogP contribution is -1.97. The van der Waals surface area contributed by atoms with Crippen LogP contribution in [0.4, 0.5) is 5.82 Å². The Morgan fingerprint density at radius 1 is 1.33 bits per heavy atom. The Kier molecular flexibility index (Phi) is 3.48. The van der Waals surface area contributed by atoms with Crippen molar-refractivity contribution in [2.24, 2.45) is 0 Å². The van der Waals surface area contributed by atoms with Gasteiger partial charge in [-0.05, 0) is 18.1 Å². The van der Waals surface area contributed by atoms with Crippen LogP contribution in [0.3, 0.4) is 0 Å². The molecule has 0 amide bonds. The first-order chi connectivity index (χ1) is 8.52. The van der Waals surface area contributed by atoms with Gasteiger partial charge in [0.2, 0.25) is 0 Å². The van der Waals surface area contributed by atoms with Crippen LogP contribution in [0.5, 0.6) is 5.75 Å². The van der Waals surface area contributed by atoms with Crippen molar-refractivity contribution in [1.29, 1.82) is 0 Å². The molecule has 0 spiro atoms. The summed E-state index contributed by atoms with van der Waals surface area (Å²) < 4.78 is 10.6. The number of nitrogen functional groups attached to an aromatic ring is 1. The van der Waals surface area contributed by atoms with Crippen molar-refractivity contribution in [2.75, 3.05) is 12.8 Å². The quantitative estimate of drug-likeness (QED) is 0.920. The monoisotopic (exact) mass is 266 g/mol. The number of rotatable bonds is 3. The molecule has 0 atom stereocenters. The van der Waals surface area contributed by atoms with E-state index in [1.54, 1.807) is 19.2 Å². The summed E-state index contributed by atoms with van der Waals surface area (Å²) in [6.45, 7) is 4.16. The number of benzene rings is 1. The average Bonchev–Trinajstić information content (AvgIpc) is 2.74. The third kappa shape index (κ3) is 2.29. The highest BCUT2D eigenvalue weighted by atomic mass is 35.5. The van der Waals surface area contributed by atoms with Gasteiger partial charge in [-0.2, -0.15) is 0 Å². The van der Waals surface area contributed by atoms with E-state index < -0.39 is 0 Å². The fourth-order valence-electron chi connectivity index (χ4n) is 1.98. The Bertz CT molecular complexity index is 564. The first-order valence-corrected chi connectivity index (χ1v) is 6.00. The number of methoxy groups -OCH3 is 1. The van der Waals surface area contributed by atoms with Crippen molar-refractivity contribution in [1.82, 2.24) is 5.16 Å². The van der Waals surface area contributed by atoms with Crippen molar-refractivity contribution < 1.29 is 9.26 Å². The molecule has 0 aliphatic carbocycles. The van der Waals surface area contributed by atoms with Gasteiger partial charge in [-0.15, -0.1) is 0 Å². The third-order valence-corrected chi connectivity index (χ3v) is 2.92. The summed E-state index contributed by atoms with van der Waals surface area (Å²) in [5, 5.41) is 4.28. The molecule has 96 valence electrons. The Balaban J connectivity index is 2.68. The van der Waals surface area contributed by atoms with E-state index in [-0.39, 0.29) is 5.92 Å². The van der Waals surface area contributed by atoms with Crippen LogP contribution < -0.4 is 10.5 Å². The highest BCUT2D eigenvalue weighted by Crippen LogP contribution is 2.39. The number of hydrogen-bond acceptors (Lipinski definition) is 4. The number of hydrogen-bond donors (Lipinski definition) is 1. The van der Waals surface area contributed by atoms with Gasteiger partial charge in [-0.25, -0.2) is 0 Å². The van der Waals surface area contributed by atoms with E-state index in [4.69, 9.17) is 26.6 Å². The topological polar surface area (TPSA) is 61.3 Å². The van der Waals surface area contributed by atoms with Gasteiger partial charge in [-0.3, -0.25) is 0 Å². The van der Waals surface area contributed by atoms with Gasteiger partial charge in [0.05, 0.1) is 7.11 Å². The molecule has 2 rings (SSSR count). The van der Waals surface area contributed by atoms with Crippen molar-refractivity contribution >= 4 is 17.4 Å². The van der Waals surface area contributed by atoms with Crippen LogP contribution in [-0.2, 0) is 0 Å². The molecule has 0 saturated carbocycles. The van der Waals surface area contributed by atoms with Gasteiger partial charge in [-0.1, -0.05) is 30.6 Å². The predicted molar refractivity (Wildman–Crippen MR) is 72.0 cm³/mol. The maximum atomic E-state index is 6.09. The molecule has 4 nitrogen and oxygen atoms in total. The van der Waals surface area contributed by atoms with Gasteiger partial charge >= 0.3 is 0 Å². The second-order valence-electron chi connectivity index (χ2n) is 4.34. The van der Waals surface area contributed by atoms with Crippen molar-refractivity contribution in [3.63, 3.8) is 0 Å². The van der Waals surface area contributed by atoms with Crippen LogP contribution in [-0.4, -0.2) is 12.3 Å². The first-order valence-electron chi connectivity index (χ1n) is 5.63. The molecular formula is C13H15ClN2O2. The summed E-state index contributed by atoms with van der Waals surface area (Å²) in [6, 6.07) is 5.30. The zero-order chi connectivity index (χ0) is 13.3. The first kappa shape index (κ1) is 12.8. The molecule has 1 aromatic heterocycles. The SMILES string of the molecule is COc1cc(Cl)cc(-c2cc(N)no2)c1C(C)C. The fourth-order valence-corrected chi connectivity index (χ4v) is 2.19. The molecule has 1 aromatic carbocycles. The van der Waals surface area contributed by atoms with E-state index in [1.807, 2.05) is 6.07 Å². The highest BCUT2D eigenvalue weighted by molar-refractivity contribution is 6.31. The molecule has 0 unspecified atom stereocenters. The van der Waals surface area contributed by atoms with Crippen LogP contribution >= 0.6 is 11.6 Å². The van der Waals surface area contributed by atoms with Gasteiger partial charge in [0.1, 0.15) is 5.75 Å². The Morgan fingerprint density at radius 2 is 2.06 bits per heavy atom. The second kappa shape index (κ2) is 4.90. The molecule has 18 heavy (non-hydrogen) atoms. The van der Waals surface area contributed by atoms with Gasteiger partial charge in [0.15, 0.2) is 11.6 Å². The normalized spacial score (nSPS) is 10.9. The van der Waals surface area contributed by atoms with Crippen LogP contribution in [0.15, 0.2) is 22.7 Å². The van der Waals surface area contributed by atoms with Gasteiger partial charge in [0.25, 0.3) is 0 Å². The molecule has 0 fully saturated rings. The molecule has 2 aromatic rings. The lowest BCUT2D eigenvalue weighted by Gasteiger charge is -2.16. The van der Waals surface area contributed by atoms with Crippen LogP contribution in [0.2, 0.25) is 5.02 Å². The van der Waals surface area contributed by atoms with E-state index in [2.05, 4.69) is 19.0 Å².